The van der Waals surface area contributed by atoms with E-state index in [1.807, 2.05) is 0 Å². The summed E-state index contributed by atoms with van der Waals surface area (Å²) >= 11 is 0. The monoisotopic (exact) mass is 1340 g/mol. The van der Waals surface area contributed by atoms with Crippen molar-refractivity contribution in [2.75, 3.05) is 33.0 Å². The number of esters is 2. The molecule has 11 nitrogen and oxygen atoms in total. The number of carboxylic acid groups (broad SMARTS) is 1. The first-order valence-corrected chi connectivity index (χ1v) is 37.8. The van der Waals surface area contributed by atoms with Crippen molar-refractivity contribution in [3.63, 3.8) is 0 Å². The summed E-state index contributed by atoms with van der Waals surface area (Å²) in [5.74, 6) is -1.32. The van der Waals surface area contributed by atoms with E-state index in [-0.39, 0.29) is 153 Å². The van der Waals surface area contributed by atoms with Crippen LogP contribution >= 0.6 is 0 Å². The van der Waals surface area contributed by atoms with Crippen molar-refractivity contribution >= 4 is 17.9 Å². The molecular weight excluding hydrogens is 1190 g/mol. The number of carbonyl (C=O) groups is 3. The Balaban J connectivity index is -0.000000516. The summed E-state index contributed by atoms with van der Waals surface area (Å²) in [5.41, 5.74) is 0. The van der Waals surface area contributed by atoms with Crippen molar-refractivity contribution in [3.05, 3.63) is 48.6 Å². The van der Waals surface area contributed by atoms with Crippen LogP contribution in [0, 0.1) is 0 Å². The molecule has 0 amide bonds. The molecule has 0 bridgehead atoms. The van der Waals surface area contributed by atoms with Gasteiger partial charge in [-0.1, -0.05) is 288 Å². The Bertz CT molecular complexity index is 1490. The van der Waals surface area contributed by atoms with E-state index in [1.54, 1.807) is 0 Å². The zero-order chi connectivity index (χ0) is 64.8. The third-order valence-electron chi connectivity index (χ3n) is 16.2. The van der Waals surface area contributed by atoms with Crippen LogP contribution in [0.5, 0.6) is 0 Å². The number of aliphatic carboxylic acids is 1. The molecule has 0 aromatic carbocycles. The molecule has 0 spiro atoms. The fourth-order valence-corrected chi connectivity index (χ4v) is 10.4. The van der Waals surface area contributed by atoms with Crippen LogP contribution in [0.15, 0.2) is 48.6 Å². The normalized spacial score (nSPS) is 11.6. The molecule has 0 aliphatic rings. The molecule has 91 heavy (non-hydrogen) atoms. The third kappa shape index (κ3) is 99.2. The van der Waals surface area contributed by atoms with Gasteiger partial charge in [-0.25, -0.2) is 0 Å². The van der Waals surface area contributed by atoms with Gasteiger partial charge in [0, 0.05) is 25.4 Å². The Labute approximate surface area is 648 Å². The van der Waals surface area contributed by atoms with Crippen molar-refractivity contribution in [2.45, 2.75) is 399 Å². The topological polar surface area (TPSA) is 193 Å². The molecule has 0 rings (SSSR count). The number of aliphatic hydroxyl groups excluding tert-OH is 3. The first-order chi connectivity index (χ1) is 43.2. The van der Waals surface area contributed by atoms with Crippen molar-refractivity contribution in [2.24, 2.45) is 0 Å². The molecule has 0 aliphatic heterocycles. The first kappa shape index (κ1) is 102. The summed E-state index contributed by atoms with van der Waals surface area (Å²) in [7, 11) is 0. The van der Waals surface area contributed by atoms with Gasteiger partial charge >= 0.3 is 115 Å². The van der Waals surface area contributed by atoms with Gasteiger partial charge in [-0.15, -0.1) is 0 Å². The molecule has 0 radical (unpaired) electrons. The van der Waals surface area contributed by atoms with E-state index in [0.717, 1.165) is 83.5 Å². The van der Waals surface area contributed by atoms with Crippen LogP contribution < -0.4 is 108 Å². The zero-order valence-corrected chi connectivity index (χ0v) is 67.3. The quantitative estimate of drug-likeness (QED) is 0.0227. The Morgan fingerprint density at radius 3 is 0.846 bits per heavy atom. The predicted octanol–water partition coefficient (Wildman–Crippen LogP) is 15.5. The van der Waals surface area contributed by atoms with E-state index in [9.17, 15) is 19.5 Å². The van der Waals surface area contributed by atoms with Crippen LogP contribution in [-0.4, -0.2) is 83.9 Å². The number of aliphatic hydroxyl groups is 3. The molecule has 4 N–H and O–H groups in total. The van der Waals surface area contributed by atoms with Crippen LogP contribution in [0.2, 0.25) is 0 Å². The van der Waals surface area contributed by atoms with Crippen molar-refractivity contribution in [1.82, 2.24) is 0 Å². The van der Waals surface area contributed by atoms with E-state index in [0.29, 0.717) is 19.4 Å². The number of allylic oxidation sites excluding steroid dienone is 8. The minimum absolute atomic E-state index is 0. The maximum atomic E-state index is 12.8. The van der Waals surface area contributed by atoms with Gasteiger partial charge in [0.1, 0.15) is 12.7 Å². The van der Waals surface area contributed by atoms with Crippen molar-refractivity contribution in [3.8, 4) is 0 Å². The molecule has 0 heterocycles. The Hall–Kier alpha value is 0.443. The molecule has 1 unspecified atom stereocenters. The number of carbonyl (C=O) groups excluding carboxylic acids is 3. The van der Waals surface area contributed by atoms with E-state index in [1.165, 1.54) is 257 Å². The Morgan fingerprint density at radius 2 is 0.582 bits per heavy atom. The van der Waals surface area contributed by atoms with E-state index >= 15 is 0 Å². The summed E-state index contributed by atoms with van der Waals surface area (Å²) in [6.07, 6.45) is 84.3. The summed E-state index contributed by atoms with van der Waals surface area (Å²) in [4.78, 5) is 35.6. The van der Waals surface area contributed by atoms with E-state index < -0.39 is 18.2 Å². The van der Waals surface area contributed by atoms with Gasteiger partial charge in [-0.3, -0.25) is 9.59 Å². The van der Waals surface area contributed by atoms with Crippen LogP contribution in [0.25, 0.3) is 0 Å². The summed E-state index contributed by atoms with van der Waals surface area (Å²) in [6, 6.07) is 0. The summed E-state index contributed by atoms with van der Waals surface area (Å²) in [6.45, 7) is 9.35. The molecule has 0 saturated heterocycles. The average molecular weight is 1340 g/mol. The number of hydrogen-bond donors (Lipinski definition) is 3. The van der Waals surface area contributed by atoms with E-state index in [2.05, 4.69) is 76.3 Å². The Morgan fingerprint density at radius 1 is 0.341 bits per heavy atom. The van der Waals surface area contributed by atoms with Gasteiger partial charge in [0.05, 0.1) is 19.8 Å². The fourth-order valence-electron chi connectivity index (χ4n) is 10.4. The predicted molar refractivity (Wildman–Crippen MR) is 377 cm³/mol. The second kappa shape index (κ2) is 94.6. The number of hydrogen-bond acceptors (Lipinski definition) is 11. The van der Waals surface area contributed by atoms with Gasteiger partial charge in [0.2, 0.25) is 0 Å². The average Bonchev–Trinajstić information content (AvgIpc) is 3.63. The molecule has 0 aromatic heterocycles. The molecule has 528 valence electrons. The van der Waals surface area contributed by atoms with Gasteiger partial charge in [0.25, 0.3) is 0 Å². The Kier molecular flexibility index (Phi) is 107. The number of unbranched alkanes of at least 4 members (excludes halogenated alkanes) is 45. The minimum atomic E-state index is -0.954. The minimum Gasteiger partial charge on any atom is -0.870 e. The second-order valence-corrected chi connectivity index (χ2v) is 25.2. The standard InChI is InChI=1S/C57H106O5.C18H34O2.C3H8O3.2K.H2O/c1-4-7-10-13-16-19-22-25-28-31-34-37-40-43-46-49-52-60-53-55(62-57(59)51-48-45-42-39-36-33-30-27-24-21-18-15-12-9-6-3)54-61-56(58)50-47-44-41-38-35-32-29-26-23-20-17-14-11-8-5-2;1-2-3-4-5-6-7-8-9-10-11-12-13-14-15-16-17-18(19)20;4-1-3(6)2-5;;;/h25-30,55H,4-24,31-54H2,1-3H3;9-10H,2-8,11-17H2,1H3,(H,19,20);3-6H,1-2H2;;;1H2/q;;;2*+1;/p-2/b28-25-,29-26-,30-27-;10-9-;;;;. The SMILES string of the molecule is CCCCCCCC/C=C\CCCCCCCC(=O)[O-].CCCCCCCC/C=C\CCCCCCCCOCC(COC(=O)CCCCCCC/C=C\CCCCCCCC)OC(=O)CCCCCCC/C=C\CCCCCCCC.OCC(O)CO.[K+].[K+].[OH-]. The molecule has 0 aliphatic carbocycles. The molecule has 0 saturated carbocycles. The number of rotatable bonds is 68. The van der Waals surface area contributed by atoms with Crippen LogP contribution in [0.3, 0.4) is 0 Å². The smallest absolute Gasteiger partial charge is 0.870 e. The van der Waals surface area contributed by atoms with Crippen LogP contribution in [0.1, 0.15) is 387 Å². The number of ether oxygens (including phenoxy) is 3. The maximum Gasteiger partial charge on any atom is 1.00 e. The van der Waals surface area contributed by atoms with Gasteiger partial charge < -0.3 is 44.9 Å². The van der Waals surface area contributed by atoms with Gasteiger partial charge in [-0.05, 0) is 135 Å². The molecule has 13 heteroatoms. The van der Waals surface area contributed by atoms with E-state index in [4.69, 9.17) is 29.5 Å². The van der Waals surface area contributed by atoms with Crippen molar-refractivity contribution in [1.29, 1.82) is 0 Å². The molecule has 0 fully saturated rings. The van der Waals surface area contributed by atoms with Crippen LogP contribution in [0.4, 0.5) is 0 Å². The summed E-state index contributed by atoms with van der Waals surface area (Å²) in [5, 5.41) is 34.2. The third-order valence-corrected chi connectivity index (χ3v) is 16.2. The fraction of sp³-hybridized carbons (Fsp3) is 0.859. The maximum absolute atomic E-state index is 12.8. The van der Waals surface area contributed by atoms with Crippen LogP contribution in [-0.2, 0) is 28.6 Å². The summed E-state index contributed by atoms with van der Waals surface area (Å²) < 4.78 is 17.4. The largest absolute Gasteiger partial charge is 1.00 e. The molecule has 0 aromatic rings. The zero-order valence-electron chi connectivity index (χ0n) is 61.1. The second-order valence-electron chi connectivity index (χ2n) is 25.2. The van der Waals surface area contributed by atoms with Gasteiger partial charge in [0.15, 0.2) is 6.10 Å². The molecular formula is C78H148K2O11. The van der Waals surface area contributed by atoms with Gasteiger partial charge in [-0.2, -0.15) is 0 Å². The first-order valence-electron chi connectivity index (χ1n) is 37.8. The molecule has 1 atom stereocenters. The van der Waals surface area contributed by atoms with Crippen molar-refractivity contribution < 1.29 is 157 Å². The number of carboxylic acids is 1.